The fourth-order valence-corrected chi connectivity index (χ4v) is 1.56. The van der Waals surface area contributed by atoms with E-state index in [4.69, 9.17) is 10.5 Å². The summed E-state index contributed by atoms with van der Waals surface area (Å²) in [4.78, 5) is 11.8. The van der Waals surface area contributed by atoms with Crippen LogP contribution in [0.15, 0.2) is 18.2 Å². The molecule has 0 saturated heterocycles. The first-order chi connectivity index (χ1) is 9.31. The van der Waals surface area contributed by atoms with Crippen molar-refractivity contribution in [2.45, 2.75) is 12.2 Å². The van der Waals surface area contributed by atoms with Gasteiger partial charge in [0.25, 0.3) is 5.91 Å². The minimum atomic E-state index is -4.86. The van der Waals surface area contributed by atoms with E-state index in [1.54, 1.807) is 0 Å². The van der Waals surface area contributed by atoms with Crippen LogP contribution in [0.4, 0.5) is 17.6 Å². The molecule has 1 rings (SSSR count). The van der Waals surface area contributed by atoms with E-state index in [0.29, 0.717) is 6.07 Å². The summed E-state index contributed by atoms with van der Waals surface area (Å²) in [5, 5.41) is 2.31. The van der Waals surface area contributed by atoms with Crippen molar-refractivity contribution in [1.29, 1.82) is 0 Å². The zero-order chi connectivity index (χ0) is 15.3. The van der Waals surface area contributed by atoms with Crippen LogP contribution in [0.5, 0.6) is 0 Å². The highest BCUT2D eigenvalue weighted by atomic mass is 19.4. The maximum Gasteiger partial charge on any atom is 0.419 e. The molecular weight excluding hydrogens is 280 g/mol. The third kappa shape index (κ3) is 3.91. The van der Waals surface area contributed by atoms with Crippen molar-refractivity contribution in [2.24, 2.45) is 5.73 Å². The molecule has 1 unspecified atom stereocenters. The van der Waals surface area contributed by atoms with Crippen LogP contribution in [0.3, 0.4) is 0 Å². The van der Waals surface area contributed by atoms with E-state index in [1.165, 1.54) is 7.11 Å². The van der Waals surface area contributed by atoms with Crippen LogP contribution in [-0.4, -0.2) is 32.2 Å². The number of halogens is 4. The summed E-state index contributed by atoms with van der Waals surface area (Å²) in [6.45, 7) is 0.0863. The van der Waals surface area contributed by atoms with Crippen molar-refractivity contribution in [2.75, 3.05) is 20.3 Å². The van der Waals surface area contributed by atoms with Gasteiger partial charge in [0.15, 0.2) is 0 Å². The van der Waals surface area contributed by atoms with Gasteiger partial charge in [0, 0.05) is 13.7 Å². The van der Waals surface area contributed by atoms with Gasteiger partial charge in [-0.15, -0.1) is 0 Å². The molecule has 0 fully saturated rings. The topological polar surface area (TPSA) is 64.3 Å². The third-order valence-electron chi connectivity index (χ3n) is 2.54. The van der Waals surface area contributed by atoms with Crippen molar-refractivity contribution in [3.63, 3.8) is 0 Å². The number of methoxy groups -OCH3 is 1. The molecule has 0 spiro atoms. The molecule has 1 aromatic carbocycles. The number of hydrogen-bond acceptors (Lipinski definition) is 3. The van der Waals surface area contributed by atoms with E-state index in [0.717, 1.165) is 12.1 Å². The van der Waals surface area contributed by atoms with Crippen LogP contribution < -0.4 is 11.1 Å². The van der Waals surface area contributed by atoms with E-state index < -0.39 is 35.1 Å². The molecule has 20 heavy (non-hydrogen) atoms. The predicted octanol–water partition coefficient (Wildman–Crippen LogP) is 1.55. The van der Waals surface area contributed by atoms with Gasteiger partial charge < -0.3 is 15.8 Å². The van der Waals surface area contributed by atoms with E-state index >= 15 is 0 Å². The number of ether oxygens (including phenoxy) is 1. The van der Waals surface area contributed by atoms with Gasteiger partial charge in [0.2, 0.25) is 0 Å². The Hall–Kier alpha value is -1.67. The Bertz CT molecular complexity index is 477. The average Bonchev–Trinajstić information content (AvgIpc) is 2.36. The Labute approximate surface area is 112 Å². The molecule has 0 aromatic heterocycles. The van der Waals surface area contributed by atoms with Gasteiger partial charge >= 0.3 is 6.18 Å². The molecule has 0 saturated carbocycles. The lowest BCUT2D eigenvalue weighted by Crippen LogP contribution is -2.43. The normalized spacial score (nSPS) is 13.1. The first kappa shape index (κ1) is 16.4. The fourth-order valence-electron chi connectivity index (χ4n) is 1.56. The standard InChI is InChI=1S/C12H14F4N2O2/c1-20-6-7(5-17)18-11(19)8-3-2-4-9(10(8)13)12(14,15)16/h2-4,7H,5-6,17H2,1H3,(H,18,19). The second-order valence-electron chi connectivity index (χ2n) is 4.03. The van der Waals surface area contributed by atoms with Crippen LogP contribution in [0, 0.1) is 5.82 Å². The minimum absolute atomic E-state index is 0.0140. The molecule has 0 aliphatic rings. The fraction of sp³-hybridized carbons (Fsp3) is 0.417. The zero-order valence-corrected chi connectivity index (χ0v) is 10.6. The summed E-state index contributed by atoms with van der Waals surface area (Å²) in [7, 11) is 1.37. The maximum absolute atomic E-state index is 13.7. The Balaban J connectivity index is 3.00. The molecule has 0 heterocycles. The van der Waals surface area contributed by atoms with Gasteiger partial charge in [-0.2, -0.15) is 13.2 Å². The highest BCUT2D eigenvalue weighted by molar-refractivity contribution is 5.94. The number of nitrogens with two attached hydrogens (primary N) is 1. The molecule has 8 heteroatoms. The van der Waals surface area contributed by atoms with Crippen LogP contribution in [0.25, 0.3) is 0 Å². The van der Waals surface area contributed by atoms with Crippen molar-refractivity contribution in [1.82, 2.24) is 5.32 Å². The Kier molecular flexibility index (Phi) is 5.46. The molecule has 1 amide bonds. The second kappa shape index (κ2) is 6.67. The summed E-state index contributed by atoms with van der Waals surface area (Å²) in [5.41, 5.74) is 3.18. The smallest absolute Gasteiger partial charge is 0.383 e. The van der Waals surface area contributed by atoms with Crippen molar-refractivity contribution >= 4 is 5.91 Å². The van der Waals surface area contributed by atoms with Gasteiger partial charge in [-0.25, -0.2) is 4.39 Å². The number of alkyl halides is 3. The molecule has 0 aliphatic heterocycles. The lowest BCUT2D eigenvalue weighted by Gasteiger charge is -2.17. The highest BCUT2D eigenvalue weighted by Gasteiger charge is 2.35. The first-order valence-corrected chi connectivity index (χ1v) is 5.66. The number of amides is 1. The van der Waals surface area contributed by atoms with Crippen LogP contribution in [0.2, 0.25) is 0 Å². The molecular formula is C12H14F4N2O2. The van der Waals surface area contributed by atoms with Crippen LogP contribution >= 0.6 is 0 Å². The highest BCUT2D eigenvalue weighted by Crippen LogP contribution is 2.32. The van der Waals surface area contributed by atoms with Crippen LogP contribution in [0.1, 0.15) is 15.9 Å². The van der Waals surface area contributed by atoms with E-state index in [2.05, 4.69) is 5.32 Å². The largest absolute Gasteiger partial charge is 0.419 e. The monoisotopic (exact) mass is 294 g/mol. The van der Waals surface area contributed by atoms with E-state index in [-0.39, 0.29) is 13.2 Å². The van der Waals surface area contributed by atoms with E-state index in [9.17, 15) is 22.4 Å². The lowest BCUT2D eigenvalue weighted by atomic mass is 10.1. The molecule has 4 nitrogen and oxygen atoms in total. The number of carbonyl (C=O) groups excluding carboxylic acids is 1. The zero-order valence-electron chi connectivity index (χ0n) is 10.6. The van der Waals surface area contributed by atoms with Gasteiger partial charge in [0.1, 0.15) is 5.82 Å². The van der Waals surface area contributed by atoms with Gasteiger partial charge in [-0.05, 0) is 12.1 Å². The first-order valence-electron chi connectivity index (χ1n) is 5.66. The summed E-state index contributed by atoms with van der Waals surface area (Å²) >= 11 is 0. The van der Waals surface area contributed by atoms with Gasteiger partial charge in [0.05, 0.1) is 23.8 Å². The number of rotatable bonds is 5. The number of carbonyl (C=O) groups is 1. The molecule has 112 valence electrons. The Morgan fingerprint density at radius 3 is 2.60 bits per heavy atom. The average molecular weight is 294 g/mol. The van der Waals surface area contributed by atoms with Crippen molar-refractivity contribution < 1.29 is 27.1 Å². The molecule has 0 bridgehead atoms. The Morgan fingerprint density at radius 2 is 2.10 bits per heavy atom. The summed E-state index contributed by atoms with van der Waals surface area (Å²) in [6.07, 6.45) is -4.86. The number of benzene rings is 1. The van der Waals surface area contributed by atoms with Crippen LogP contribution in [-0.2, 0) is 10.9 Å². The van der Waals surface area contributed by atoms with Gasteiger partial charge in [-0.3, -0.25) is 4.79 Å². The molecule has 0 aliphatic carbocycles. The molecule has 3 N–H and O–H groups in total. The summed E-state index contributed by atoms with van der Waals surface area (Å²) in [5.74, 6) is -2.58. The Morgan fingerprint density at radius 1 is 1.45 bits per heavy atom. The van der Waals surface area contributed by atoms with Crippen molar-refractivity contribution in [3.8, 4) is 0 Å². The lowest BCUT2D eigenvalue weighted by molar-refractivity contribution is -0.140. The minimum Gasteiger partial charge on any atom is -0.383 e. The van der Waals surface area contributed by atoms with Crippen molar-refractivity contribution in [3.05, 3.63) is 35.1 Å². The molecule has 0 radical (unpaired) electrons. The van der Waals surface area contributed by atoms with Gasteiger partial charge in [-0.1, -0.05) is 6.07 Å². The molecule has 1 aromatic rings. The maximum atomic E-state index is 13.7. The third-order valence-corrected chi connectivity index (χ3v) is 2.54. The SMILES string of the molecule is COCC(CN)NC(=O)c1cccc(C(F)(F)F)c1F. The van der Waals surface area contributed by atoms with E-state index in [1.807, 2.05) is 0 Å². The number of hydrogen-bond donors (Lipinski definition) is 2. The molecule has 1 atom stereocenters. The second-order valence-corrected chi connectivity index (χ2v) is 4.03. The summed E-state index contributed by atoms with van der Waals surface area (Å²) in [6, 6.07) is 1.90. The number of nitrogens with one attached hydrogen (secondary N) is 1. The predicted molar refractivity (Wildman–Crippen MR) is 63.6 cm³/mol. The summed E-state index contributed by atoms with van der Waals surface area (Å²) < 4.78 is 56.1. The quantitative estimate of drug-likeness (QED) is 0.810.